The van der Waals surface area contributed by atoms with Gasteiger partial charge in [-0.1, -0.05) is 41.4 Å². The first-order valence-electron chi connectivity index (χ1n) is 8.52. The molecule has 4 nitrogen and oxygen atoms in total. The number of fused-ring (bicyclic) bond motifs is 1. The third-order valence-electron chi connectivity index (χ3n) is 4.04. The molecule has 1 atom stereocenters. The van der Waals surface area contributed by atoms with Gasteiger partial charge in [-0.3, -0.25) is 4.79 Å². The monoisotopic (exact) mass is 422 g/mol. The second-order valence-corrected chi connectivity index (χ2v) is 8.52. The Balaban J connectivity index is 2.04. The Kier molecular flexibility index (Phi) is 5.65. The number of thiocarbonyl (C=S) groups is 1. The summed E-state index contributed by atoms with van der Waals surface area (Å²) in [6.45, 7) is 5.54. The van der Waals surface area contributed by atoms with Crippen LogP contribution in [0.4, 0.5) is 11.4 Å². The fourth-order valence-corrected chi connectivity index (χ4v) is 3.89. The number of carbonyl (C=O) groups is 1. The van der Waals surface area contributed by atoms with E-state index in [0.29, 0.717) is 20.8 Å². The summed E-state index contributed by atoms with van der Waals surface area (Å²) < 4.78 is 5.54. The average Bonchev–Trinajstić information content (AvgIpc) is 2.54. The fourth-order valence-electron chi connectivity index (χ4n) is 3.05. The van der Waals surface area contributed by atoms with Gasteiger partial charge < -0.3 is 15.0 Å². The van der Waals surface area contributed by atoms with Crippen molar-refractivity contribution in [1.82, 2.24) is 0 Å². The van der Waals surface area contributed by atoms with Gasteiger partial charge in [0, 0.05) is 10.7 Å². The minimum atomic E-state index is -0.563. The lowest BCUT2D eigenvalue weighted by Gasteiger charge is -2.39. The zero-order valence-electron chi connectivity index (χ0n) is 15.3. The van der Waals surface area contributed by atoms with Crippen molar-refractivity contribution in [3.63, 3.8) is 0 Å². The molecule has 142 valence electrons. The summed E-state index contributed by atoms with van der Waals surface area (Å²) in [6.07, 6.45) is 0.134. The Morgan fingerprint density at radius 1 is 1.22 bits per heavy atom. The van der Waals surface area contributed by atoms with E-state index in [0.717, 1.165) is 11.3 Å². The molecule has 0 spiro atoms. The number of carbonyl (C=O) groups excluding carboxylic acids is 1. The molecule has 0 saturated carbocycles. The van der Waals surface area contributed by atoms with Crippen molar-refractivity contribution in [3.05, 3.63) is 58.1 Å². The molecule has 0 amide bonds. The highest BCUT2D eigenvalue weighted by atomic mass is 35.5. The molecule has 0 aliphatic carbocycles. The second kappa shape index (κ2) is 7.66. The lowest BCUT2D eigenvalue weighted by molar-refractivity contribution is -0.155. The predicted molar refractivity (Wildman–Crippen MR) is 115 cm³/mol. The van der Waals surface area contributed by atoms with Gasteiger partial charge in [0.2, 0.25) is 0 Å². The molecule has 0 bridgehead atoms. The predicted octanol–water partition coefficient (Wildman–Crippen LogP) is 5.98. The maximum Gasteiger partial charge on any atom is 0.308 e. The van der Waals surface area contributed by atoms with Crippen LogP contribution in [-0.4, -0.2) is 16.7 Å². The van der Waals surface area contributed by atoms with E-state index >= 15 is 0 Å². The van der Waals surface area contributed by atoms with Gasteiger partial charge in [0.15, 0.2) is 5.11 Å². The van der Waals surface area contributed by atoms with Gasteiger partial charge in [0.1, 0.15) is 5.60 Å². The summed E-state index contributed by atoms with van der Waals surface area (Å²) in [5, 5.41) is 4.67. The maximum absolute atomic E-state index is 12.6. The SMILES string of the molecule is CC(C)(C)OC(=O)CC1c2ccccc2NC(=S)N1c1ccc(Cl)cc1Cl. The zero-order valence-corrected chi connectivity index (χ0v) is 17.6. The van der Waals surface area contributed by atoms with E-state index in [-0.39, 0.29) is 18.4 Å². The lowest BCUT2D eigenvalue weighted by Crippen LogP contribution is -2.43. The summed E-state index contributed by atoms with van der Waals surface area (Å²) >= 11 is 18.1. The Morgan fingerprint density at radius 3 is 2.59 bits per heavy atom. The number of para-hydroxylation sites is 1. The summed E-state index contributed by atoms with van der Waals surface area (Å²) in [7, 11) is 0. The number of anilines is 2. The topological polar surface area (TPSA) is 41.6 Å². The van der Waals surface area contributed by atoms with Crippen molar-refractivity contribution in [2.45, 2.75) is 38.8 Å². The number of rotatable bonds is 3. The van der Waals surface area contributed by atoms with Crippen LogP contribution < -0.4 is 10.2 Å². The summed E-state index contributed by atoms with van der Waals surface area (Å²) in [5.74, 6) is -0.304. The van der Waals surface area contributed by atoms with Crippen molar-refractivity contribution < 1.29 is 9.53 Å². The van der Waals surface area contributed by atoms with Gasteiger partial charge in [-0.25, -0.2) is 0 Å². The molecule has 2 aromatic carbocycles. The smallest absolute Gasteiger partial charge is 0.308 e. The average molecular weight is 423 g/mol. The van der Waals surface area contributed by atoms with Crippen LogP contribution in [0.2, 0.25) is 10.0 Å². The molecule has 0 saturated heterocycles. The van der Waals surface area contributed by atoms with Crippen molar-refractivity contribution in [3.8, 4) is 0 Å². The van der Waals surface area contributed by atoms with Crippen molar-refractivity contribution in [2.75, 3.05) is 10.2 Å². The maximum atomic E-state index is 12.6. The van der Waals surface area contributed by atoms with E-state index in [9.17, 15) is 4.79 Å². The van der Waals surface area contributed by atoms with Gasteiger partial charge in [-0.05, 0) is 62.8 Å². The van der Waals surface area contributed by atoms with Crippen molar-refractivity contribution in [2.24, 2.45) is 0 Å². The third-order valence-corrected chi connectivity index (χ3v) is 4.88. The van der Waals surface area contributed by atoms with Crippen LogP contribution in [0.5, 0.6) is 0 Å². The van der Waals surface area contributed by atoms with Crippen LogP contribution in [0.3, 0.4) is 0 Å². The van der Waals surface area contributed by atoms with Crippen molar-refractivity contribution in [1.29, 1.82) is 0 Å². The Morgan fingerprint density at radius 2 is 1.93 bits per heavy atom. The highest BCUT2D eigenvalue weighted by Crippen LogP contribution is 2.41. The molecular formula is C20H20Cl2N2O2S. The minimum absolute atomic E-state index is 0.134. The summed E-state index contributed by atoms with van der Waals surface area (Å²) in [4.78, 5) is 14.4. The Labute approximate surface area is 174 Å². The molecule has 7 heteroatoms. The highest BCUT2D eigenvalue weighted by molar-refractivity contribution is 7.80. The molecular weight excluding hydrogens is 403 g/mol. The third kappa shape index (κ3) is 4.54. The van der Waals surface area contributed by atoms with Crippen LogP contribution in [0, 0.1) is 0 Å². The number of ether oxygens (including phenoxy) is 1. The van der Waals surface area contributed by atoms with Crippen LogP contribution in [0.25, 0.3) is 0 Å². The van der Waals surface area contributed by atoms with E-state index in [4.69, 9.17) is 40.2 Å². The van der Waals surface area contributed by atoms with E-state index in [1.165, 1.54) is 0 Å². The largest absolute Gasteiger partial charge is 0.460 e. The molecule has 1 N–H and O–H groups in total. The molecule has 1 aliphatic heterocycles. The molecule has 1 aliphatic rings. The number of benzene rings is 2. The highest BCUT2D eigenvalue weighted by Gasteiger charge is 2.35. The number of halogens is 2. The molecule has 1 unspecified atom stereocenters. The number of hydrogen-bond acceptors (Lipinski definition) is 3. The van der Waals surface area contributed by atoms with Crippen molar-refractivity contribution >= 4 is 57.9 Å². The molecule has 3 rings (SSSR count). The normalized spacial score (nSPS) is 16.6. The van der Waals surface area contributed by atoms with Crippen LogP contribution >= 0.6 is 35.4 Å². The Hall–Kier alpha value is -1.82. The first-order valence-corrected chi connectivity index (χ1v) is 9.68. The minimum Gasteiger partial charge on any atom is -0.460 e. The van der Waals surface area contributed by atoms with Crippen LogP contribution in [0.1, 0.15) is 38.8 Å². The Bertz CT molecular complexity index is 896. The van der Waals surface area contributed by atoms with Crippen LogP contribution in [-0.2, 0) is 9.53 Å². The molecule has 27 heavy (non-hydrogen) atoms. The summed E-state index contributed by atoms with van der Waals surface area (Å²) in [5.41, 5.74) is 1.94. The van der Waals surface area contributed by atoms with E-state index in [1.807, 2.05) is 49.9 Å². The molecule has 0 radical (unpaired) electrons. The number of nitrogens with zero attached hydrogens (tertiary/aromatic N) is 1. The number of hydrogen-bond donors (Lipinski definition) is 1. The first kappa shape index (κ1) is 19.9. The van der Waals surface area contributed by atoms with E-state index in [2.05, 4.69) is 5.32 Å². The molecule has 1 heterocycles. The molecule has 2 aromatic rings. The fraction of sp³-hybridized carbons (Fsp3) is 0.300. The first-order chi connectivity index (χ1) is 12.7. The van der Waals surface area contributed by atoms with Gasteiger partial charge in [0.05, 0.1) is 23.2 Å². The standard InChI is InChI=1S/C20H20Cl2N2O2S/c1-20(2,3)26-18(25)11-17-13-6-4-5-7-15(13)23-19(27)24(17)16-9-8-12(21)10-14(16)22/h4-10,17H,11H2,1-3H3,(H,23,27). The van der Waals surface area contributed by atoms with E-state index < -0.39 is 5.60 Å². The molecule has 0 fully saturated rings. The van der Waals surface area contributed by atoms with Gasteiger partial charge in [-0.15, -0.1) is 0 Å². The second-order valence-electron chi connectivity index (χ2n) is 7.29. The van der Waals surface area contributed by atoms with Crippen LogP contribution in [0.15, 0.2) is 42.5 Å². The van der Waals surface area contributed by atoms with Gasteiger partial charge in [-0.2, -0.15) is 0 Å². The quantitative estimate of drug-likeness (QED) is 0.486. The van der Waals surface area contributed by atoms with E-state index in [1.54, 1.807) is 18.2 Å². The van der Waals surface area contributed by atoms with Gasteiger partial charge in [0.25, 0.3) is 0 Å². The summed E-state index contributed by atoms with van der Waals surface area (Å²) in [6, 6.07) is 12.6. The van der Waals surface area contributed by atoms with Gasteiger partial charge >= 0.3 is 5.97 Å². The zero-order chi connectivity index (χ0) is 19.8. The number of esters is 1. The lowest BCUT2D eigenvalue weighted by atomic mass is 9.97. The molecule has 0 aromatic heterocycles. The number of nitrogens with one attached hydrogen (secondary N) is 1.